The summed E-state index contributed by atoms with van der Waals surface area (Å²) in [6.07, 6.45) is 3.32. The Bertz CT molecular complexity index is 431. The van der Waals surface area contributed by atoms with Crippen LogP contribution in [0.1, 0.15) is 11.1 Å². The first-order valence-corrected chi connectivity index (χ1v) is 3.79. The van der Waals surface area contributed by atoms with Crippen molar-refractivity contribution in [2.45, 2.75) is 13.8 Å². The summed E-state index contributed by atoms with van der Waals surface area (Å²) in [4.78, 5) is 6.99. The van der Waals surface area contributed by atoms with Crippen molar-refractivity contribution in [1.29, 1.82) is 0 Å². The smallest absolute Gasteiger partial charge is 0.153 e. The maximum Gasteiger partial charge on any atom is 0.153 e. The molecule has 0 aliphatic carbocycles. The number of aromatic nitrogens is 2. The number of hydrogen-bond donors (Lipinski definition) is 1. The number of hydrogen-bond acceptors (Lipinski definition) is 1. The van der Waals surface area contributed by atoms with Gasteiger partial charge in [0, 0.05) is 18.0 Å². The lowest BCUT2D eigenvalue weighted by Crippen LogP contribution is -1.86. The average molecular weight is 164 g/mol. The normalized spacial score (nSPS) is 10.9. The summed E-state index contributed by atoms with van der Waals surface area (Å²) >= 11 is 0. The first-order chi connectivity index (χ1) is 5.70. The van der Waals surface area contributed by atoms with Crippen molar-refractivity contribution in [2.24, 2.45) is 0 Å². The second kappa shape index (κ2) is 2.30. The first kappa shape index (κ1) is 7.28. The molecule has 0 radical (unpaired) electrons. The fourth-order valence-corrected chi connectivity index (χ4v) is 1.26. The first-order valence-electron chi connectivity index (χ1n) is 3.79. The minimum Gasteiger partial charge on any atom is -0.357 e. The molecule has 0 bridgehead atoms. The molecule has 0 spiro atoms. The third-order valence-electron chi connectivity index (χ3n) is 2.00. The van der Waals surface area contributed by atoms with Crippen LogP contribution in [0.2, 0.25) is 0 Å². The maximum atomic E-state index is 13.3. The van der Waals surface area contributed by atoms with E-state index in [0.29, 0.717) is 11.1 Å². The largest absolute Gasteiger partial charge is 0.357 e. The molecule has 1 N–H and O–H groups in total. The highest BCUT2D eigenvalue weighted by molar-refractivity contribution is 5.79. The van der Waals surface area contributed by atoms with Crippen LogP contribution in [0.15, 0.2) is 12.4 Å². The number of nitrogens with one attached hydrogen (secondary N) is 1. The lowest BCUT2D eigenvalue weighted by Gasteiger charge is -1.96. The van der Waals surface area contributed by atoms with Crippen molar-refractivity contribution in [2.75, 3.05) is 0 Å². The van der Waals surface area contributed by atoms with Crippen LogP contribution in [0.3, 0.4) is 0 Å². The fourth-order valence-electron chi connectivity index (χ4n) is 1.26. The van der Waals surface area contributed by atoms with Crippen LogP contribution in [0, 0.1) is 19.7 Å². The Hall–Kier alpha value is -1.38. The van der Waals surface area contributed by atoms with E-state index < -0.39 is 0 Å². The summed E-state index contributed by atoms with van der Waals surface area (Å²) in [6, 6.07) is 0. The van der Waals surface area contributed by atoms with Crippen molar-refractivity contribution in [3.05, 3.63) is 29.3 Å². The quantitative estimate of drug-likeness (QED) is 0.636. The number of halogens is 1. The molecule has 0 saturated heterocycles. The summed E-state index contributed by atoms with van der Waals surface area (Å²) in [5.41, 5.74) is 2.78. The van der Waals surface area contributed by atoms with Crippen LogP contribution >= 0.6 is 0 Å². The molecule has 0 aliphatic rings. The van der Waals surface area contributed by atoms with Crippen molar-refractivity contribution >= 4 is 11.0 Å². The highest BCUT2D eigenvalue weighted by Gasteiger charge is 2.07. The van der Waals surface area contributed by atoms with Crippen molar-refractivity contribution < 1.29 is 4.39 Å². The number of pyridine rings is 1. The molecular weight excluding hydrogens is 155 g/mol. The number of H-pyrrole nitrogens is 1. The number of nitrogens with zero attached hydrogens (tertiary/aromatic N) is 1. The lowest BCUT2D eigenvalue weighted by atomic mass is 10.2. The molecule has 0 amide bonds. The SMILES string of the molecule is Cc1cnc2c(C)c[nH]c2c1F. The summed E-state index contributed by atoms with van der Waals surface area (Å²) in [7, 11) is 0. The zero-order chi connectivity index (χ0) is 8.72. The number of rotatable bonds is 0. The van der Waals surface area contributed by atoms with Crippen molar-refractivity contribution in [1.82, 2.24) is 9.97 Å². The third-order valence-corrected chi connectivity index (χ3v) is 2.00. The van der Waals surface area contributed by atoms with Gasteiger partial charge in [-0.1, -0.05) is 0 Å². The zero-order valence-electron chi connectivity index (χ0n) is 6.98. The van der Waals surface area contributed by atoms with Gasteiger partial charge in [-0.15, -0.1) is 0 Å². The Labute approximate surface area is 69.4 Å². The summed E-state index contributed by atoms with van der Waals surface area (Å²) in [5.74, 6) is -0.201. The standard InChI is InChI=1S/C9H9FN2/c1-5-3-11-8-6(2)4-12-9(8)7(5)10/h3-4,12H,1-2H3. The van der Waals surface area contributed by atoms with Crippen molar-refractivity contribution in [3.63, 3.8) is 0 Å². The van der Waals surface area contributed by atoms with Gasteiger partial charge in [0.25, 0.3) is 0 Å². The Morgan fingerprint density at radius 1 is 1.33 bits per heavy atom. The average Bonchev–Trinajstić information content (AvgIpc) is 2.41. The topological polar surface area (TPSA) is 28.7 Å². The van der Waals surface area contributed by atoms with E-state index in [1.165, 1.54) is 0 Å². The second-order valence-electron chi connectivity index (χ2n) is 2.95. The van der Waals surface area contributed by atoms with Gasteiger partial charge in [0.2, 0.25) is 0 Å². The van der Waals surface area contributed by atoms with Crippen LogP contribution in [-0.2, 0) is 0 Å². The van der Waals surface area contributed by atoms with Gasteiger partial charge in [-0.2, -0.15) is 0 Å². The van der Waals surface area contributed by atoms with Gasteiger partial charge >= 0.3 is 0 Å². The molecule has 0 aliphatic heterocycles. The van der Waals surface area contributed by atoms with E-state index in [-0.39, 0.29) is 5.82 Å². The van der Waals surface area contributed by atoms with Gasteiger partial charge in [0.05, 0.1) is 5.52 Å². The molecule has 12 heavy (non-hydrogen) atoms. The number of aryl methyl sites for hydroxylation is 2. The van der Waals surface area contributed by atoms with E-state index in [1.807, 2.05) is 6.92 Å². The van der Waals surface area contributed by atoms with Gasteiger partial charge in [-0.25, -0.2) is 4.39 Å². The summed E-state index contributed by atoms with van der Waals surface area (Å²) < 4.78 is 13.3. The van der Waals surface area contributed by atoms with E-state index >= 15 is 0 Å². The monoisotopic (exact) mass is 164 g/mol. The molecule has 3 heteroatoms. The van der Waals surface area contributed by atoms with Crippen LogP contribution in [-0.4, -0.2) is 9.97 Å². The molecule has 2 heterocycles. The van der Waals surface area contributed by atoms with E-state index in [9.17, 15) is 4.39 Å². The van der Waals surface area contributed by atoms with Gasteiger partial charge in [-0.3, -0.25) is 4.98 Å². The van der Waals surface area contributed by atoms with Crippen LogP contribution in [0.4, 0.5) is 4.39 Å². The Balaban J connectivity index is 2.93. The zero-order valence-corrected chi connectivity index (χ0v) is 6.98. The molecule has 0 saturated carbocycles. The maximum absolute atomic E-state index is 13.3. The molecule has 0 aromatic carbocycles. The lowest BCUT2D eigenvalue weighted by molar-refractivity contribution is 0.626. The van der Waals surface area contributed by atoms with Gasteiger partial charge in [0.15, 0.2) is 5.82 Å². The molecule has 2 nitrogen and oxygen atoms in total. The molecular formula is C9H9FN2. The molecule has 2 aromatic heterocycles. The van der Waals surface area contributed by atoms with Crippen molar-refractivity contribution in [3.8, 4) is 0 Å². The summed E-state index contributed by atoms with van der Waals surface area (Å²) in [5, 5.41) is 0. The number of aromatic amines is 1. The van der Waals surface area contributed by atoms with Gasteiger partial charge < -0.3 is 4.98 Å². The van der Waals surface area contributed by atoms with Crippen LogP contribution in [0.5, 0.6) is 0 Å². The minimum absolute atomic E-state index is 0.201. The van der Waals surface area contributed by atoms with Gasteiger partial charge in [-0.05, 0) is 19.4 Å². The van der Waals surface area contributed by atoms with E-state index in [2.05, 4.69) is 9.97 Å². The predicted octanol–water partition coefficient (Wildman–Crippen LogP) is 2.32. The minimum atomic E-state index is -0.201. The van der Waals surface area contributed by atoms with E-state index in [1.54, 1.807) is 19.3 Å². The fraction of sp³-hybridized carbons (Fsp3) is 0.222. The Morgan fingerprint density at radius 3 is 2.83 bits per heavy atom. The van der Waals surface area contributed by atoms with E-state index in [4.69, 9.17) is 0 Å². The second-order valence-corrected chi connectivity index (χ2v) is 2.95. The van der Waals surface area contributed by atoms with Gasteiger partial charge in [0.1, 0.15) is 5.52 Å². The molecule has 2 rings (SSSR count). The molecule has 0 unspecified atom stereocenters. The Kier molecular flexibility index (Phi) is 1.40. The predicted molar refractivity (Wildman–Crippen MR) is 45.5 cm³/mol. The molecule has 0 fully saturated rings. The van der Waals surface area contributed by atoms with Crippen LogP contribution < -0.4 is 0 Å². The highest BCUT2D eigenvalue weighted by atomic mass is 19.1. The van der Waals surface area contributed by atoms with E-state index in [0.717, 1.165) is 11.1 Å². The third kappa shape index (κ3) is 0.826. The summed E-state index contributed by atoms with van der Waals surface area (Å²) in [6.45, 7) is 3.61. The Morgan fingerprint density at radius 2 is 2.08 bits per heavy atom. The molecule has 0 atom stereocenters. The number of fused-ring (bicyclic) bond motifs is 1. The highest BCUT2D eigenvalue weighted by Crippen LogP contribution is 2.19. The molecule has 2 aromatic rings. The van der Waals surface area contributed by atoms with Crippen LogP contribution in [0.25, 0.3) is 11.0 Å². The molecule has 62 valence electrons.